The summed E-state index contributed by atoms with van der Waals surface area (Å²) in [4.78, 5) is 16.2. The first-order valence-corrected chi connectivity index (χ1v) is 20.7. The van der Waals surface area contributed by atoms with Gasteiger partial charge >= 0.3 is 0 Å². The quantitative estimate of drug-likeness (QED) is 0.275. The molecule has 2 fully saturated rings. The molecule has 48 heavy (non-hydrogen) atoms. The molecular weight excluding hydrogens is 585 g/mol. The van der Waals surface area contributed by atoms with E-state index in [2.05, 4.69) is 54.1 Å². The fourth-order valence-electron chi connectivity index (χ4n) is 10.8. The zero-order chi connectivity index (χ0) is 32.1. The summed E-state index contributed by atoms with van der Waals surface area (Å²) in [5.41, 5.74) is 4.75. The Balaban J connectivity index is 0.948. The second kappa shape index (κ2) is 15.6. The van der Waals surface area contributed by atoms with E-state index in [0.717, 1.165) is 29.9 Å². The second-order valence-electron chi connectivity index (χ2n) is 16.8. The van der Waals surface area contributed by atoms with Crippen LogP contribution in [0.2, 0.25) is 0 Å². The third-order valence-electron chi connectivity index (χ3n) is 13.6. The van der Waals surface area contributed by atoms with E-state index in [1.165, 1.54) is 140 Å². The van der Waals surface area contributed by atoms with E-state index in [-0.39, 0.29) is 6.17 Å². The molecule has 2 saturated carbocycles. The summed E-state index contributed by atoms with van der Waals surface area (Å²) in [6.07, 6.45) is 48.9. The molecule has 0 saturated heterocycles. The molecule has 2 aliphatic heterocycles. The van der Waals surface area contributed by atoms with Crippen LogP contribution in [0.15, 0.2) is 74.2 Å². The lowest BCUT2D eigenvalue weighted by atomic mass is 9.68. The third kappa shape index (κ3) is 7.48. The highest BCUT2D eigenvalue weighted by molar-refractivity contribution is 6.08. The maximum Gasteiger partial charge on any atom is 0.132 e. The van der Waals surface area contributed by atoms with Crippen molar-refractivity contribution in [3.05, 3.63) is 59.3 Å². The van der Waals surface area contributed by atoms with E-state index in [1.807, 2.05) is 0 Å². The average molecular weight is 647 g/mol. The fourth-order valence-corrected chi connectivity index (χ4v) is 10.8. The fraction of sp³-hybridized carbons (Fsp3) is 0.705. The number of aliphatic imine (C=N–C) groups is 3. The van der Waals surface area contributed by atoms with E-state index < -0.39 is 0 Å². The van der Waals surface area contributed by atoms with Crippen molar-refractivity contribution < 1.29 is 0 Å². The third-order valence-corrected chi connectivity index (χ3v) is 13.6. The van der Waals surface area contributed by atoms with Crippen LogP contribution in [-0.2, 0) is 0 Å². The first-order valence-electron chi connectivity index (χ1n) is 20.7. The summed E-state index contributed by atoms with van der Waals surface area (Å²) in [6, 6.07) is 0.537. The number of allylic oxidation sites excluding steroid dienone is 7. The molecule has 2 heterocycles. The predicted octanol–water partition coefficient (Wildman–Crippen LogP) is 11.0. The van der Waals surface area contributed by atoms with Crippen molar-refractivity contribution in [2.24, 2.45) is 56.4 Å². The summed E-state index contributed by atoms with van der Waals surface area (Å²) in [5.74, 6) is 6.64. The van der Waals surface area contributed by atoms with E-state index in [1.54, 1.807) is 11.1 Å². The highest BCUT2D eigenvalue weighted by Gasteiger charge is 2.38. The molecule has 8 unspecified atom stereocenters. The first kappa shape index (κ1) is 32.7. The second-order valence-corrected chi connectivity index (χ2v) is 16.8. The number of hydrogen-bond acceptors (Lipinski definition) is 4. The molecule has 8 rings (SSSR count). The van der Waals surface area contributed by atoms with Crippen molar-refractivity contribution in [2.75, 3.05) is 0 Å². The molecule has 0 radical (unpaired) electrons. The lowest BCUT2D eigenvalue weighted by Crippen LogP contribution is -2.45. The molecule has 0 aromatic rings. The zero-order valence-electron chi connectivity index (χ0n) is 29.7. The van der Waals surface area contributed by atoms with Crippen molar-refractivity contribution >= 4 is 17.9 Å². The van der Waals surface area contributed by atoms with Gasteiger partial charge in [-0.15, -0.1) is 0 Å². The molecular formula is C44H62N4. The van der Waals surface area contributed by atoms with Gasteiger partial charge in [0.25, 0.3) is 0 Å². The Labute approximate surface area is 291 Å². The lowest BCUT2D eigenvalue weighted by molar-refractivity contribution is 0.238. The topological polar surface area (TPSA) is 49.1 Å². The van der Waals surface area contributed by atoms with Crippen LogP contribution in [0.3, 0.4) is 0 Å². The minimum atomic E-state index is 0.149. The molecule has 0 spiro atoms. The number of rotatable bonds is 7. The van der Waals surface area contributed by atoms with Crippen molar-refractivity contribution in [1.82, 2.24) is 5.32 Å². The molecule has 0 aromatic heterocycles. The van der Waals surface area contributed by atoms with E-state index in [4.69, 9.17) is 15.0 Å². The summed E-state index contributed by atoms with van der Waals surface area (Å²) >= 11 is 0. The van der Waals surface area contributed by atoms with Crippen LogP contribution in [-0.4, -0.2) is 30.1 Å². The summed E-state index contributed by atoms with van der Waals surface area (Å²) in [5, 5.41) is 3.83. The van der Waals surface area contributed by atoms with Gasteiger partial charge in [0.05, 0.1) is 6.04 Å². The number of nitrogens with one attached hydrogen (secondary N) is 1. The van der Waals surface area contributed by atoms with Crippen LogP contribution < -0.4 is 5.32 Å². The summed E-state index contributed by atoms with van der Waals surface area (Å²) in [7, 11) is 0. The van der Waals surface area contributed by atoms with Crippen LogP contribution in [0.25, 0.3) is 0 Å². The van der Waals surface area contributed by atoms with E-state index in [9.17, 15) is 0 Å². The number of amidine groups is 2. The summed E-state index contributed by atoms with van der Waals surface area (Å²) in [6.45, 7) is 0. The van der Waals surface area contributed by atoms with Gasteiger partial charge in [-0.3, -0.25) is 4.99 Å². The molecule has 6 aliphatic carbocycles. The highest BCUT2D eigenvalue weighted by atomic mass is 15.2. The van der Waals surface area contributed by atoms with E-state index in [0.29, 0.717) is 35.6 Å². The molecule has 4 heteroatoms. The minimum Gasteiger partial charge on any atom is -0.348 e. The van der Waals surface area contributed by atoms with Gasteiger partial charge < -0.3 is 5.32 Å². The van der Waals surface area contributed by atoms with Crippen molar-refractivity contribution in [1.29, 1.82) is 0 Å². The minimum absolute atomic E-state index is 0.149. The van der Waals surface area contributed by atoms with Gasteiger partial charge in [-0.2, -0.15) is 0 Å². The molecule has 258 valence electrons. The van der Waals surface area contributed by atoms with Gasteiger partial charge in [0, 0.05) is 29.9 Å². The Morgan fingerprint density at radius 1 is 0.688 bits per heavy atom. The van der Waals surface area contributed by atoms with Crippen molar-refractivity contribution in [3.8, 4) is 0 Å². The van der Waals surface area contributed by atoms with Crippen LogP contribution >= 0.6 is 0 Å². The average Bonchev–Trinajstić information content (AvgIpc) is 3.19. The SMILES string of the molecule is C1=CC(C2N=C(C3CCCC(C4C=CC(C5C=NC(C6CCCCC6)C(C6=CCCCC6)C5)=CC4)C3)N=C(C3=CCCCC3)N2)CCC1. The van der Waals surface area contributed by atoms with E-state index >= 15 is 0 Å². The Kier molecular flexibility index (Phi) is 10.6. The molecule has 1 N–H and O–H groups in total. The van der Waals surface area contributed by atoms with Crippen LogP contribution in [0.5, 0.6) is 0 Å². The number of nitrogens with zero attached hydrogens (tertiary/aromatic N) is 3. The van der Waals surface area contributed by atoms with Crippen molar-refractivity contribution in [2.45, 2.75) is 153 Å². The highest BCUT2D eigenvalue weighted by Crippen LogP contribution is 2.44. The summed E-state index contributed by atoms with van der Waals surface area (Å²) < 4.78 is 0. The van der Waals surface area contributed by atoms with Crippen LogP contribution in [0, 0.1) is 41.4 Å². The Bertz CT molecular complexity index is 1380. The lowest BCUT2D eigenvalue weighted by Gasteiger charge is -2.40. The van der Waals surface area contributed by atoms with Crippen LogP contribution in [0.4, 0.5) is 0 Å². The molecule has 8 aliphatic rings. The molecule has 4 nitrogen and oxygen atoms in total. The monoisotopic (exact) mass is 646 g/mol. The van der Waals surface area contributed by atoms with Crippen LogP contribution in [0.1, 0.15) is 141 Å². The molecule has 0 aromatic carbocycles. The standard InChI is InChI=1S/C44H62N4/c1-5-14-33(15-6-1)40-29-39(30-45-41(40)34-16-7-2-8-17-34)32-26-24-31(25-27-32)37-22-13-23-38(28-37)44-47-42(35-18-9-3-10-19-35)46-43(48-44)36-20-11-4-12-21-36/h9,14,18,20,24,26-27,30-31,34-35,37-42H,1-8,10-13,15-17,19,21-23,25,28-29H2,(H,46,47,48). The van der Waals surface area contributed by atoms with Gasteiger partial charge in [0.1, 0.15) is 17.8 Å². The first-order chi connectivity index (χ1) is 23.8. The maximum atomic E-state index is 5.44. The van der Waals surface area contributed by atoms with Gasteiger partial charge in [0.2, 0.25) is 0 Å². The van der Waals surface area contributed by atoms with Gasteiger partial charge in [0.15, 0.2) is 0 Å². The van der Waals surface area contributed by atoms with Gasteiger partial charge in [-0.05, 0) is 144 Å². The smallest absolute Gasteiger partial charge is 0.132 e. The Morgan fingerprint density at radius 3 is 2.33 bits per heavy atom. The van der Waals surface area contributed by atoms with Crippen molar-refractivity contribution in [3.63, 3.8) is 0 Å². The number of hydrogen-bond donors (Lipinski definition) is 1. The molecule has 8 atom stereocenters. The predicted molar refractivity (Wildman–Crippen MR) is 203 cm³/mol. The van der Waals surface area contributed by atoms with Gasteiger partial charge in [-0.1, -0.05) is 73.8 Å². The largest absolute Gasteiger partial charge is 0.348 e. The Morgan fingerprint density at radius 2 is 1.56 bits per heavy atom. The normalized spacial score (nSPS) is 37.9. The Hall–Kier alpha value is -2.49. The zero-order valence-corrected chi connectivity index (χ0v) is 29.7. The molecule has 0 bridgehead atoms. The maximum absolute atomic E-state index is 5.44. The molecule has 0 amide bonds. The van der Waals surface area contributed by atoms with Gasteiger partial charge in [-0.25, -0.2) is 9.98 Å².